The first-order chi connectivity index (χ1) is 27.3. The molecule has 2 aliphatic rings. The smallest absolute Gasteiger partial charge is 0.207 e. The van der Waals surface area contributed by atoms with Crippen LogP contribution in [-0.4, -0.2) is 12.8 Å². The molecule has 12 rings (SSSR count). The number of ether oxygens (including phenoxy) is 1. The summed E-state index contributed by atoms with van der Waals surface area (Å²) in [7, 11) is -3.81. The summed E-state index contributed by atoms with van der Waals surface area (Å²) in [5.74, 6) is 1.61. The van der Waals surface area contributed by atoms with Crippen molar-refractivity contribution in [1.29, 1.82) is 0 Å². The van der Waals surface area contributed by atoms with Gasteiger partial charge in [0.2, 0.25) is 9.84 Å². The average Bonchev–Trinajstić information content (AvgIpc) is 3.93. The van der Waals surface area contributed by atoms with E-state index in [1.54, 1.807) is 17.4 Å². The second kappa shape index (κ2) is 11.1. The zero-order valence-electron chi connectivity index (χ0n) is 30.4. The van der Waals surface area contributed by atoms with E-state index in [-0.39, 0.29) is 0 Å². The fourth-order valence-corrected chi connectivity index (χ4v) is 12.2. The molecule has 56 heavy (non-hydrogen) atoms. The third-order valence-corrected chi connectivity index (χ3v) is 14.8. The highest BCUT2D eigenvalue weighted by Crippen LogP contribution is 2.52. The van der Waals surface area contributed by atoms with Crippen molar-refractivity contribution in [3.8, 4) is 33.8 Å². The highest BCUT2D eigenvalue weighted by molar-refractivity contribution is 7.91. The summed E-state index contributed by atoms with van der Waals surface area (Å²) in [5.41, 5.74) is 10.3. The molecular weight excluding hydrogens is 729 g/mol. The molecule has 0 radical (unpaired) electrons. The summed E-state index contributed by atoms with van der Waals surface area (Å²) in [6, 6.07) is 51.7. The molecule has 3 aromatic heterocycles. The fourth-order valence-electron chi connectivity index (χ4n) is 9.28. The van der Waals surface area contributed by atoms with Gasteiger partial charge in [-0.25, -0.2) is 8.42 Å². The van der Waals surface area contributed by atoms with Crippen molar-refractivity contribution in [3.63, 3.8) is 0 Å². The van der Waals surface area contributed by atoms with Gasteiger partial charge in [-0.15, -0.1) is 11.3 Å². The van der Waals surface area contributed by atoms with Crippen LogP contribution >= 0.6 is 11.3 Å². The first-order valence-corrected chi connectivity index (χ1v) is 21.1. The van der Waals surface area contributed by atoms with Crippen molar-refractivity contribution in [2.75, 3.05) is 4.90 Å². The van der Waals surface area contributed by atoms with Crippen molar-refractivity contribution >= 4 is 75.6 Å². The molecule has 0 atom stereocenters. The van der Waals surface area contributed by atoms with Crippen LogP contribution in [0.1, 0.15) is 25.0 Å². The van der Waals surface area contributed by atoms with E-state index < -0.39 is 15.3 Å². The second-order valence-corrected chi connectivity index (χ2v) is 18.2. The van der Waals surface area contributed by atoms with Gasteiger partial charge in [0.1, 0.15) is 4.83 Å². The molecule has 0 spiro atoms. The molecule has 0 bridgehead atoms. The highest BCUT2D eigenvalue weighted by atomic mass is 32.2. The standard InChI is InChI=1S/C49H32N2O3S2/c1-49(2)38-21-17-31(32-25-36-34-9-3-4-10-40(34)51-47(36)37(26-32)35-23-24-55-48(35)51)28-46(38)56(52,53)45-22-18-30(27-39(45)49)29-15-19-33(20-16-29)50-41-11-5-7-13-43(41)54-44-14-8-6-12-42(44)50/h3-28H,1-2H3. The molecule has 0 amide bonds. The van der Waals surface area contributed by atoms with Gasteiger partial charge in [-0.2, -0.15) is 0 Å². The number of sulfone groups is 1. The average molecular weight is 761 g/mol. The van der Waals surface area contributed by atoms with E-state index in [9.17, 15) is 8.42 Å². The van der Waals surface area contributed by atoms with Crippen molar-refractivity contribution in [2.45, 2.75) is 29.1 Å². The van der Waals surface area contributed by atoms with E-state index in [1.165, 1.54) is 37.4 Å². The van der Waals surface area contributed by atoms with E-state index in [1.807, 2.05) is 54.6 Å². The number of aromatic nitrogens is 1. The number of anilines is 3. The Morgan fingerprint density at radius 2 is 1.20 bits per heavy atom. The summed E-state index contributed by atoms with van der Waals surface area (Å²) < 4.78 is 37.8. The topological polar surface area (TPSA) is 51.0 Å². The molecule has 0 unspecified atom stereocenters. The van der Waals surface area contributed by atoms with E-state index in [0.29, 0.717) is 9.79 Å². The maximum atomic E-state index is 14.6. The molecule has 7 heteroatoms. The number of hydrogen-bond acceptors (Lipinski definition) is 5. The molecule has 5 heterocycles. The fraction of sp³-hybridized carbons (Fsp3) is 0.0612. The molecule has 0 saturated carbocycles. The van der Waals surface area contributed by atoms with E-state index >= 15 is 0 Å². The van der Waals surface area contributed by atoms with E-state index in [4.69, 9.17) is 4.74 Å². The van der Waals surface area contributed by atoms with Crippen LogP contribution in [0.2, 0.25) is 0 Å². The zero-order valence-corrected chi connectivity index (χ0v) is 32.1. The lowest BCUT2D eigenvalue weighted by Crippen LogP contribution is -2.29. The second-order valence-electron chi connectivity index (χ2n) is 15.4. The van der Waals surface area contributed by atoms with Gasteiger partial charge in [0, 0.05) is 32.6 Å². The van der Waals surface area contributed by atoms with Crippen LogP contribution in [0.15, 0.2) is 167 Å². The zero-order chi connectivity index (χ0) is 37.5. The lowest BCUT2D eigenvalue weighted by Gasteiger charge is -2.35. The lowest BCUT2D eigenvalue weighted by atomic mass is 9.76. The predicted molar refractivity (Wildman–Crippen MR) is 229 cm³/mol. The molecule has 0 N–H and O–H groups in total. The summed E-state index contributed by atoms with van der Waals surface area (Å²) in [4.78, 5) is 4.20. The Balaban J connectivity index is 0.940. The van der Waals surface area contributed by atoms with Crippen LogP contribution in [0.4, 0.5) is 17.1 Å². The third-order valence-electron chi connectivity index (χ3n) is 12.0. The van der Waals surface area contributed by atoms with Gasteiger partial charge in [0.25, 0.3) is 0 Å². The largest absolute Gasteiger partial charge is 0.453 e. The number of thiophene rings is 1. The van der Waals surface area contributed by atoms with Crippen LogP contribution in [0.25, 0.3) is 59.7 Å². The van der Waals surface area contributed by atoms with Crippen molar-refractivity contribution in [2.24, 2.45) is 0 Å². The van der Waals surface area contributed by atoms with E-state index in [2.05, 4.69) is 120 Å². The van der Waals surface area contributed by atoms with Crippen LogP contribution in [0.5, 0.6) is 11.5 Å². The number of fused-ring (bicyclic) bond motifs is 10. The normalized spacial score (nSPS) is 15.1. The quantitative estimate of drug-likeness (QED) is 0.180. The Bertz CT molecular complexity index is 3350. The predicted octanol–water partition coefficient (Wildman–Crippen LogP) is 13.3. The Morgan fingerprint density at radius 1 is 0.554 bits per heavy atom. The first-order valence-electron chi connectivity index (χ1n) is 18.7. The van der Waals surface area contributed by atoms with Gasteiger partial charge in [0.15, 0.2) is 11.5 Å². The van der Waals surface area contributed by atoms with Crippen LogP contribution < -0.4 is 9.64 Å². The van der Waals surface area contributed by atoms with Crippen molar-refractivity contribution in [1.82, 2.24) is 4.40 Å². The molecule has 2 aliphatic heterocycles. The summed E-state index contributed by atoms with van der Waals surface area (Å²) in [6.45, 7) is 4.28. The number of rotatable bonds is 3. The molecule has 0 saturated heterocycles. The van der Waals surface area contributed by atoms with Gasteiger partial charge < -0.3 is 9.64 Å². The molecule has 10 aromatic rings. The summed E-state index contributed by atoms with van der Waals surface area (Å²) in [5, 5.41) is 6.95. The molecule has 0 fully saturated rings. The Kier molecular flexibility index (Phi) is 6.32. The number of para-hydroxylation sites is 5. The first kappa shape index (κ1) is 31.9. The molecular formula is C49H32N2O3S2. The molecule has 7 aromatic carbocycles. The Morgan fingerprint density at radius 3 is 1.96 bits per heavy atom. The SMILES string of the molecule is CC1(C)c2cc(-c3ccc(N4c5ccccc5Oc5ccccc54)cc3)ccc2S(=O)(=O)c2cc(-c3cc4c5ccccc5n5c6sccc6c(c3)c45)ccc21. The number of benzene rings is 7. The van der Waals surface area contributed by atoms with Gasteiger partial charge in [0.05, 0.1) is 32.2 Å². The van der Waals surface area contributed by atoms with Crippen molar-refractivity contribution < 1.29 is 13.2 Å². The maximum Gasteiger partial charge on any atom is 0.207 e. The Hall–Kier alpha value is -6.41. The third kappa shape index (κ3) is 4.21. The van der Waals surface area contributed by atoms with Gasteiger partial charge in [-0.3, -0.25) is 4.40 Å². The van der Waals surface area contributed by atoms with Gasteiger partial charge in [-0.1, -0.05) is 86.6 Å². The minimum absolute atomic E-state index is 0.370. The minimum atomic E-state index is -3.81. The minimum Gasteiger partial charge on any atom is -0.453 e. The van der Waals surface area contributed by atoms with Crippen LogP contribution in [-0.2, 0) is 15.3 Å². The number of nitrogens with zero attached hydrogens (tertiary/aromatic N) is 2. The van der Waals surface area contributed by atoms with Crippen molar-refractivity contribution in [3.05, 3.63) is 168 Å². The molecule has 0 aliphatic carbocycles. The molecule has 5 nitrogen and oxygen atoms in total. The van der Waals surface area contributed by atoms with Crippen LogP contribution in [0.3, 0.4) is 0 Å². The monoisotopic (exact) mass is 760 g/mol. The molecule has 268 valence electrons. The van der Waals surface area contributed by atoms with Gasteiger partial charge >= 0.3 is 0 Å². The lowest BCUT2D eigenvalue weighted by molar-refractivity contribution is 0.477. The Labute approximate surface area is 327 Å². The number of hydrogen-bond donors (Lipinski definition) is 0. The summed E-state index contributed by atoms with van der Waals surface area (Å²) in [6.07, 6.45) is 0. The van der Waals surface area contributed by atoms with E-state index in [0.717, 1.165) is 61.9 Å². The summed E-state index contributed by atoms with van der Waals surface area (Å²) >= 11 is 1.75. The highest BCUT2D eigenvalue weighted by Gasteiger charge is 2.41. The van der Waals surface area contributed by atoms with Gasteiger partial charge in [-0.05, 0) is 118 Å². The maximum absolute atomic E-state index is 14.6. The van der Waals surface area contributed by atoms with Crippen LogP contribution in [0, 0.1) is 0 Å².